The van der Waals surface area contributed by atoms with Gasteiger partial charge in [0.05, 0.1) is 17.8 Å². The maximum absolute atomic E-state index is 12.2. The first-order chi connectivity index (χ1) is 7.33. The van der Waals surface area contributed by atoms with Gasteiger partial charge in [0.25, 0.3) is 0 Å². The van der Waals surface area contributed by atoms with E-state index in [-0.39, 0.29) is 21.8 Å². The van der Waals surface area contributed by atoms with E-state index in [1.165, 1.54) is 6.07 Å². The summed E-state index contributed by atoms with van der Waals surface area (Å²) in [6, 6.07) is 2.44. The Balaban J connectivity index is 3.15. The lowest BCUT2D eigenvalue weighted by atomic mass is 10.1. The molecule has 0 spiro atoms. The van der Waals surface area contributed by atoms with Crippen molar-refractivity contribution >= 4 is 23.1 Å². The number of thioether (sulfide) groups is 1. The average molecular weight is 247 g/mol. The summed E-state index contributed by atoms with van der Waals surface area (Å²) in [6.45, 7) is 0. The molecule has 0 aliphatic heterocycles. The number of halogens is 3. The second-order valence-electron chi connectivity index (χ2n) is 3.07. The Morgan fingerprint density at radius 1 is 1.25 bits per heavy atom. The summed E-state index contributed by atoms with van der Waals surface area (Å²) in [6.07, 6.45) is -5.46. The van der Waals surface area contributed by atoms with Crippen LogP contribution in [0.5, 0.6) is 0 Å². The Morgan fingerprint density at radius 3 is 2.31 bits per heavy atom. The summed E-state index contributed by atoms with van der Waals surface area (Å²) >= 11 is 0.635. The number of alkyl halides is 3. The third-order valence-electron chi connectivity index (χ3n) is 1.81. The van der Waals surface area contributed by atoms with Gasteiger partial charge in [-0.1, -0.05) is 0 Å². The van der Waals surface area contributed by atoms with Crippen LogP contribution in [0, 0.1) is 10.7 Å². The van der Waals surface area contributed by atoms with Crippen LogP contribution in [-0.2, 0) is 6.42 Å². The van der Waals surface area contributed by atoms with E-state index in [1.807, 2.05) is 0 Å². The standard InChI is InChI=1S/C9H8F3N3S/c10-9(11,12)3-5-1-6(14)7(15)2-8(5)16-4-13/h1-2H,3,14-15H2. The first-order valence-corrected chi connectivity index (χ1v) is 4.95. The van der Waals surface area contributed by atoms with Gasteiger partial charge in [-0.25, -0.2) is 0 Å². The topological polar surface area (TPSA) is 75.8 Å². The van der Waals surface area contributed by atoms with Gasteiger partial charge in [-0.2, -0.15) is 18.4 Å². The molecule has 0 saturated carbocycles. The Bertz CT molecular complexity index is 437. The van der Waals surface area contributed by atoms with Crippen LogP contribution < -0.4 is 11.5 Å². The molecule has 0 aromatic heterocycles. The highest BCUT2D eigenvalue weighted by atomic mass is 32.2. The number of nitriles is 1. The minimum Gasteiger partial charge on any atom is -0.397 e. The molecule has 0 saturated heterocycles. The molecule has 0 aliphatic rings. The van der Waals surface area contributed by atoms with Gasteiger partial charge in [0.2, 0.25) is 0 Å². The van der Waals surface area contributed by atoms with Crippen LogP contribution >= 0.6 is 11.8 Å². The molecule has 0 radical (unpaired) electrons. The van der Waals surface area contributed by atoms with Gasteiger partial charge in [0.15, 0.2) is 0 Å². The molecule has 0 atom stereocenters. The minimum atomic E-state index is -4.34. The molecule has 0 amide bonds. The van der Waals surface area contributed by atoms with Crippen molar-refractivity contribution in [3.8, 4) is 5.40 Å². The van der Waals surface area contributed by atoms with E-state index in [1.54, 1.807) is 5.40 Å². The summed E-state index contributed by atoms with van der Waals surface area (Å²) in [5.41, 5.74) is 11.1. The van der Waals surface area contributed by atoms with Gasteiger partial charge >= 0.3 is 6.18 Å². The number of anilines is 2. The van der Waals surface area contributed by atoms with Gasteiger partial charge in [-0.05, 0) is 29.5 Å². The molecule has 4 N–H and O–H groups in total. The maximum Gasteiger partial charge on any atom is 0.393 e. The summed E-state index contributed by atoms with van der Waals surface area (Å²) in [4.78, 5) is 0.187. The Kier molecular flexibility index (Phi) is 3.55. The van der Waals surface area contributed by atoms with Gasteiger partial charge in [0, 0.05) is 4.90 Å². The summed E-state index contributed by atoms with van der Waals surface area (Å²) in [5, 5.41) is 10.2. The molecule has 1 aromatic carbocycles. The molecular weight excluding hydrogens is 239 g/mol. The highest BCUT2D eigenvalue weighted by molar-refractivity contribution is 8.03. The van der Waals surface area contributed by atoms with Crippen molar-refractivity contribution in [3.05, 3.63) is 17.7 Å². The Hall–Kier alpha value is -1.55. The summed E-state index contributed by atoms with van der Waals surface area (Å²) in [7, 11) is 0. The normalized spacial score (nSPS) is 11.1. The van der Waals surface area contributed by atoms with Crippen molar-refractivity contribution < 1.29 is 13.2 Å². The molecule has 3 nitrogen and oxygen atoms in total. The highest BCUT2D eigenvalue weighted by Crippen LogP contribution is 2.32. The Labute approximate surface area is 94.2 Å². The van der Waals surface area contributed by atoms with Crippen LogP contribution in [0.2, 0.25) is 0 Å². The van der Waals surface area contributed by atoms with E-state index in [0.717, 1.165) is 6.07 Å². The summed E-state index contributed by atoms with van der Waals surface area (Å²) in [5.74, 6) is 0. The SMILES string of the molecule is N#CSc1cc(N)c(N)cc1CC(F)(F)F. The molecule has 0 bridgehead atoms. The van der Waals surface area contributed by atoms with Gasteiger partial charge < -0.3 is 11.5 Å². The monoisotopic (exact) mass is 247 g/mol. The third-order valence-corrected chi connectivity index (χ3v) is 2.50. The molecule has 1 aromatic rings. The third kappa shape index (κ3) is 3.24. The Morgan fingerprint density at radius 2 is 1.81 bits per heavy atom. The fourth-order valence-corrected chi connectivity index (χ4v) is 1.70. The second-order valence-corrected chi connectivity index (χ2v) is 3.90. The average Bonchev–Trinajstić information content (AvgIpc) is 2.11. The van der Waals surface area contributed by atoms with E-state index in [4.69, 9.17) is 16.7 Å². The second kappa shape index (κ2) is 4.53. The van der Waals surface area contributed by atoms with Crippen molar-refractivity contribution in [2.24, 2.45) is 0 Å². The zero-order valence-corrected chi connectivity index (χ0v) is 8.82. The zero-order chi connectivity index (χ0) is 12.3. The molecule has 0 unspecified atom stereocenters. The van der Waals surface area contributed by atoms with Crippen LogP contribution in [0.4, 0.5) is 24.5 Å². The lowest BCUT2D eigenvalue weighted by molar-refractivity contribution is -0.127. The van der Waals surface area contributed by atoms with Crippen LogP contribution in [0.15, 0.2) is 17.0 Å². The quantitative estimate of drug-likeness (QED) is 0.478. The fraction of sp³-hybridized carbons (Fsp3) is 0.222. The number of hydrogen-bond donors (Lipinski definition) is 2. The van der Waals surface area contributed by atoms with Crippen molar-refractivity contribution in [2.45, 2.75) is 17.5 Å². The van der Waals surface area contributed by atoms with Crippen LogP contribution in [-0.4, -0.2) is 6.18 Å². The van der Waals surface area contributed by atoms with Crippen LogP contribution in [0.1, 0.15) is 5.56 Å². The number of nitrogens with two attached hydrogens (primary N) is 2. The van der Waals surface area contributed by atoms with E-state index < -0.39 is 12.6 Å². The highest BCUT2D eigenvalue weighted by Gasteiger charge is 2.29. The van der Waals surface area contributed by atoms with Crippen LogP contribution in [0.25, 0.3) is 0 Å². The van der Waals surface area contributed by atoms with Gasteiger partial charge in [0.1, 0.15) is 5.40 Å². The molecule has 7 heteroatoms. The van der Waals surface area contributed by atoms with Gasteiger partial charge in [-0.3, -0.25) is 0 Å². The van der Waals surface area contributed by atoms with E-state index in [2.05, 4.69) is 0 Å². The number of rotatable bonds is 2. The predicted octanol–water partition coefficient (Wildman–Crippen LogP) is 2.53. The number of benzene rings is 1. The molecule has 16 heavy (non-hydrogen) atoms. The largest absolute Gasteiger partial charge is 0.397 e. The molecule has 0 heterocycles. The molecule has 1 rings (SSSR count). The predicted molar refractivity (Wildman–Crippen MR) is 56.5 cm³/mol. The van der Waals surface area contributed by atoms with Crippen molar-refractivity contribution in [1.29, 1.82) is 5.26 Å². The van der Waals surface area contributed by atoms with Crippen LogP contribution in [0.3, 0.4) is 0 Å². The first kappa shape index (κ1) is 12.5. The maximum atomic E-state index is 12.2. The molecular formula is C9H8F3N3S. The van der Waals surface area contributed by atoms with E-state index >= 15 is 0 Å². The van der Waals surface area contributed by atoms with Gasteiger partial charge in [-0.15, -0.1) is 0 Å². The molecule has 86 valence electrons. The van der Waals surface area contributed by atoms with Crippen molar-refractivity contribution in [3.63, 3.8) is 0 Å². The molecule has 0 aliphatic carbocycles. The smallest absolute Gasteiger partial charge is 0.393 e. The van der Waals surface area contributed by atoms with Crippen molar-refractivity contribution in [1.82, 2.24) is 0 Å². The van der Waals surface area contributed by atoms with E-state index in [0.29, 0.717) is 11.8 Å². The number of hydrogen-bond acceptors (Lipinski definition) is 4. The first-order valence-electron chi connectivity index (χ1n) is 4.14. The number of thiocyanates is 1. The summed E-state index contributed by atoms with van der Waals surface area (Å²) < 4.78 is 36.7. The molecule has 0 fully saturated rings. The lowest BCUT2D eigenvalue weighted by Gasteiger charge is -2.11. The minimum absolute atomic E-state index is 0.0363. The zero-order valence-electron chi connectivity index (χ0n) is 8.01. The number of nitrogen functional groups attached to an aromatic ring is 2. The number of nitrogens with zero attached hydrogens (tertiary/aromatic N) is 1. The fourth-order valence-electron chi connectivity index (χ4n) is 1.16. The van der Waals surface area contributed by atoms with E-state index in [9.17, 15) is 13.2 Å². The van der Waals surface area contributed by atoms with Crippen molar-refractivity contribution in [2.75, 3.05) is 11.5 Å². The lowest BCUT2D eigenvalue weighted by Crippen LogP contribution is -2.13.